The minimum absolute atomic E-state index is 0.00238. The number of hydrogen-bond donors (Lipinski definition) is 3. The van der Waals surface area contributed by atoms with E-state index in [0.29, 0.717) is 24.0 Å². The molecule has 5 nitrogen and oxygen atoms in total. The summed E-state index contributed by atoms with van der Waals surface area (Å²) < 4.78 is 5.70. The summed E-state index contributed by atoms with van der Waals surface area (Å²) in [5, 5.41) is 15.9. The Kier molecular flexibility index (Phi) is 5.90. The van der Waals surface area contributed by atoms with Crippen molar-refractivity contribution in [2.45, 2.75) is 24.8 Å². The van der Waals surface area contributed by atoms with Gasteiger partial charge in [-0.25, -0.2) is 0 Å². The van der Waals surface area contributed by atoms with Gasteiger partial charge in [0.2, 0.25) is 5.91 Å². The fourth-order valence-electron chi connectivity index (χ4n) is 1.98. The lowest BCUT2D eigenvalue weighted by atomic mass is 10.2. The van der Waals surface area contributed by atoms with Crippen LogP contribution in [0.25, 0.3) is 0 Å². The third kappa shape index (κ3) is 4.91. The Bertz CT molecular complexity index is 494. The lowest BCUT2D eigenvalue weighted by molar-refractivity contribution is -0.113. The Labute approximate surface area is 129 Å². The van der Waals surface area contributed by atoms with Crippen molar-refractivity contribution in [3.63, 3.8) is 0 Å². The third-order valence-electron chi connectivity index (χ3n) is 2.96. The molecule has 1 amide bonds. The standard InChI is InChI=1S/C15H22N2O3S/c1-10(2)6-16-7-11(18)8-20-13-5-3-4-12-15(13)21-9-14(19)17-12/h3-5,10-11,16,18H,6-9H2,1-2H3,(H,17,19). The molecule has 0 spiro atoms. The van der Waals surface area contributed by atoms with Crippen molar-refractivity contribution in [2.24, 2.45) is 5.92 Å². The lowest BCUT2D eigenvalue weighted by Gasteiger charge is -2.20. The van der Waals surface area contributed by atoms with Crippen LogP contribution < -0.4 is 15.4 Å². The second-order valence-electron chi connectivity index (χ2n) is 5.49. The van der Waals surface area contributed by atoms with Gasteiger partial charge < -0.3 is 20.5 Å². The minimum Gasteiger partial charge on any atom is -0.490 e. The first-order valence-electron chi connectivity index (χ1n) is 7.13. The second-order valence-corrected chi connectivity index (χ2v) is 6.47. The summed E-state index contributed by atoms with van der Waals surface area (Å²) in [6.45, 7) is 5.86. The highest BCUT2D eigenvalue weighted by Crippen LogP contribution is 2.38. The van der Waals surface area contributed by atoms with E-state index in [-0.39, 0.29) is 12.5 Å². The molecule has 0 aliphatic carbocycles. The van der Waals surface area contributed by atoms with Crippen molar-refractivity contribution in [1.29, 1.82) is 0 Å². The van der Waals surface area contributed by atoms with E-state index in [1.807, 2.05) is 18.2 Å². The van der Waals surface area contributed by atoms with Gasteiger partial charge in [0, 0.05) is 6.54 Å². The molecule has 116 valence electrons. The zero-order valence-corrected chi connectivity index (χ0v) is 13.2. The van der Waals surface area contributed by atoms with Crippen LogP contribution in [0.3, 0.4) is 0 Å². The number of nitrogens with one attached hydrogen (secondary N) is 2. The maximum absolute atomic E-state index is 11.4. The Hall–Kier alpha value is -1.24. The molecule has 0 radical (unpaired) electrons. The van der Waals surface area contributed by atoms with Gasteiger partial charge in [0.15, 0.2) is 0 Å². The maximum atomic E-state index is 11.4. The molecule has 1 aromatic carbocycles. The number of hydrogen-bond acceptors (Lipinski definition) is 5. The van der Waals surface area contributed by atoms with Gasteiger partial charge in [0.25, 0.3) is 0 Å². The van der Waals surface area contributed by atoms with E-state index in [9.17, 15) is 9.90 Å². The number of fused-ring (bicyclic) bond motifs is 1. The summed E-state index contributed by atoms with van der Waals surface area (Å²) >= 11 is 1.46. The van der Waals surface area contributed by atoms with Gasteiger partial charge in [-0.2, -0.15) is 0 Å². The fourth-order valence-corrected chi connectivity index (χ4v) is 2.88. The molecule has 1 aliphatic rings. The molecule has 21 heavy (non-hydrogen) atoms. The summed E-state index contributed by atoms with van der Waals surface area (Å²) in [7, 11) is 0. The number of aliphatic hydroxyl groups excluding tert-OH is 1. The number of thioether (sulfide) groups is 1. The Morgan fingerprint density at radius 2 is 2.24 bits per heavy atom. The van der Waals surface area contributed by atoms with Crippen LogP contribution >= 0.6 is 11.8 Å². The molecule has 0 aromatic heterocycles. The van der Waals surface area contributed by atoms with E-state index < -0.39 is 6.10 Å². The molecule has 3 N–H and O–H groups in total. The SMILES string of the molecule is CC(C)CNCC(O)COc1cccc2c1SCC(=O)N2. The fraction of sp³-hybridized carbons (Fsp3) is 0.533. The van der Waals surface area contributed by atoms with E-state index >= 15 is 0 Å². The molecular weight excluding hydrogens is 288 g/mol. The highest BCUT2D eigenvalue weighted by atomic mass is 32.2. The third-order valence-corrected chi connectivity index (χ3v) is 4.08. The smallest absolute Gasteiger partial charge is 0.234 e. The van der Waals surface area contributed by atoms with Crippen molar-refractivity contribution >= 4 is 23.4 Å². The first-order valence-corrected chi connectivity index (χ1v) is 8.12. The van der Waals surface area contributed by atoms with E-state index in [1.54, 1.807) is 0 Å². The first kappa shape index (κ1) is 16.1. The average Bonchev–Trinajstić information content (AvgIpc) is 2.44. The van der Waals surface area contributed by atoms with Crippen molar-refractivity contribution < 1.29 is 14.6 Å². The van der Waals surface area contributed by atoms with E-state index in [4.69, 9.17) is 4.74 Å². The van der Waals surface area contributed by atoms with E-state index in [2.05, 4.69) is 24.5 Å². The monoisotopic (exact) mass is 310 g/mol. The highest BCUT2D eigenvalue weighted by Gasteiger charge is 2.19. The molecule has 0 fully saturated rings. The molecule has 2 rings (SSSR count). The van der Waals surface area contributed by atoms with Crippen LogP contribution in [-0.4, -0.2) is 42.6 Å². The van der Waals surface area contributed by atoms with Gasteiger partial charge in [-0.1, -0.05) is 19.9 Å². The van der Waals surface area contributed by atoms with Crippen LogP contribution in [0.5, 0.6) is 5.75 Å². The lowest BCUT2D eigenvalue weighted by Crippen LogP contribution is -2.33. The van der Waals surface area contributed by atoms with Gasteiger partial charge >= 0.3 is 0 Å². The highest BCUT2D eigenvalue weighted by molar-refractivity contribution is 8.00. The molecule has 1 unspecified atom stereocenters. The number of carbonyl (C=O) groups is 1. The van der Waals surface area contributed by atoms with Crippen LogP contribution in [0.15, 0.2) is 23.1 Å². The quantitative estimate of drug-likeness (QED) is 0.715. The molecule has 1 aliphatic heterocycles. The Morgan fingerprint density at radius 1 is 1.43 bits per heavy atom. The Balaban J connectivity index is 1.86. The van der Waals surface area contributed by atoms with Crippen molar-refractivity contribution in [2.75, 3.05) is 30.8 Å². The van der Waals surface area contributed by atoms with Gasteiger partial charge in [0.05, 0.1) is 16.3 Å². The molecule has 1 atom stereocenters. The summed E-state index contributed by atoms with van der Waals surface area (Å²) in [6.07, 6.45) is -0.553. The summed E-state index contributed by atoms with van der Waals surface area (Å²) in [5.41, 5.74) is 0.779. The van der Waals surface area contributed by atoms with Crippen molar-refractivity contribution in [3.8, 4) is 5.75 Å². The minimum atomic E-state index is -0.553. The number of aliphatic hydroxyl groups is 1. The molecule has 6 heteroatoms. The predicted molar refractivity (Wildman–Crippen MR) is 85.0 cm³/mol. The number of anilines is 1. The largest absolute Gasteiger partial charge is 0.490 e. The molecule has 0 bridgehead atoms. The van der Waals surface area contributed by atoms with Crippen LogP contribution in [0.4, 0.5) is 5.69 Å². The molecule has 0 saturated heterocycles. The molecule has 0 saturated carbocycles. The average molecular weight is 310 g/mol. The number of rotatable bonds is 7. The predicted octanol–water partition coefficient (Wildman–Crippen LogP) is 1.72. The van der Waals surface area contributed by atoms with E-state index in [1.165, 1.54) is 11.8 Å². The van der Waals surface area contributed by atoms with Gasteiger partial charge in [-0.05, 0) is 24.6 Å². The maximum Gasteiger partial charge on any atom is 0.234 e. The zero-order valence-electron chi connectivity index (χ0n) is 12.4. The van der Waals surface area contributed by atoms with Gasteiger partial charge in [-0.3, -0.25) is 4.79 Å². The van der Waals surface area contributed by atoms with Crippen LogP contribution in [0.1, 0.15) is 13.8 Å². The zero-order chi connectivity index (χ0) is 15.2. The van der Waals surface area contributed by atoms with Gasteiger partial charge in [-0.15, -0.1) is 11.8 Å². The van der Waals surface area contributed by atoms with Crippen LogP contribution in [0.2, 0.25) is 0 Å². The summed E-state index contributed by atoms with van der Waals surface area (Å²) in [5.74, 6) is 1.66. The van der Waals surface area contributed by atoms with Crippen LogP contribution in [-0.2, 0) is 4.79 Å². The summed E-state index contributed by atoms with van der Waals surface area (Å²) in [6, 6.07) is 5.55. The number of amides is 1. The van der Waals surface area contributed by atoms with Crippen molar-refractivity contribution in [1.82, 2.24) is 5.32 Å². The summed E-state index contributed by atoms with van der Waals surface area (Å²) in [4.78, 5) is 12.3. The second kappa shape index (κ2) is 7.68. The number of carbonyl (C=O) groups excluding carboxylic acids is 1. The number of benzene rings is 1. The molecular formula is C15H22N2O3S. The number of ether oxygens (including phenoxy) is 1. The van der Waals surface area contributed by atoms with Gasteiger partial charge in [0.1, 0.15) is 18.5 Å². The van der Waals surface area contributed by atoms with E-state index in [0.717, 1.165) is 17.1 Å². The molecule has 1 heterocycles. The normalized spacial score (nSPS) is 15.5. The topological polar surface area (TPSA) is 70.6 Å². The van der Waals surface area contributed by atoms with Crippen LogP contribution in [0, 0.1) is 5.92 Å². The molecule has 1 aromatic rings. The Morgan fingerprint density at radius 3 is 3.00 bits per heavy atom. The van der Waals surface area contributed by atoms with Crippen molar-refractivity contribution in [3.05, 3.63) is 18.2 Å². The first-order chi connectivity index (χ1) is 10.1.